The Morgan fingerprint density at radius 1 is 1.12 bits per heavy atom. The molecule has 1 unspecified atom stereocenters. The third-order valence-corrected chi connectivity index (χ3v) is 5.99. The molecule has 3 aromatic rings. The molecule has 6 nitrogen and oxygen atoms in total. The Hall–Kier alpha value is -4.02. The summed E-state index contributed by atoms with van der Waals surface area (Å²) in [5, 5.41) is 10.3. The first-order valence-corrected chi connectivity index (χ1v) is 10.7. The third kappa shape index (κ3) is 4.68. The van der Waals surface area contributed by atoms with E-state index in [4.69, 9.17) is 31.5 Å². The molecule has 0 saturated carbocycles. The summed E-state index contributed by atoms with van der Waals surface area (Å²) in [5.41, 5.74) is 9.20. The highest BCUT2D eigenvalue weighted by atomic mass is 35.5. The van der Waals surface area contributed by atoms with E-state index >= 15 is 0 Å². The number of ether oxygens (including phenoxy) is 3. The molecule has 1 heterocycles. The molecule has 4 rings (SSSR count). The predicted molar refractivity (Wildman–Crippen MR) is 124 cm³/mol. The number of nitrogens with two attached hydrogens (primary N) is 1. The number of nitriles is 1. The summed E-state index contributed by atoms with van der Waals surface area (Å²) >= 11 is 6.16. The van der Waals surface area contributed by atoms with Crippen molar-refractivity contribution >= 4 is 17.6 Å². The summed E-state index contributed by atoms with van der Waals surface area (Å²) in [6, 6.07) is 16.2. The zero-order valence-electron chi connectivity index (χ0n) is 18.4. The smallest absolute Gasteiger partial charge is 0.349 e. The molecule has 0 spiro atoms. The van der Waals surface area contributed by atoms with Gasteiger partial charge in [0.25, 0.3) is 0 Å². The first-order chi connectivity index (χ1) is 16.3. The fourth-order valence-electron chi connectivity index (χ4n) is 3.79. The number of aryl methyl sites for hydroxylation is 2. The van der Waals surface area contributed by atoms with Crippen LogP contribution in [0.5, 0.6) is 17.2 Å². The molecule has 34 heavy (non-hydrogen) atoms. The van der Waals surface area contributed by atoms with Gasteiger partial charge in [-0.1, -0.05) is 29.8 Å². The Labute approximate surface area is 200 Å². The average Bonchev–Trinajstić information content (AvgIpc) is 2.80. The maximum atomic E-state index is 13.4. The number of rotatable bonds is 5. The summed E-state index contributed by atoms with van der Waals surface area (Å²) < 4.78 is 30.0. The lowest BCUT2D eigenvalue weighted by Gasteiger charge is -2.26. The minimum Gasteiger partial charge on any atom is -0.482 e. The molecule has 0 aliphatic carbocycles. The molecule has 0 amide bonds. The van der Waals surface area contributed by atoms with E-state index in [9.17, 15) is 14.4 Å². The molecule has 3 aromatic carbocycles. The molecule has 0 fully saturated rings. The normalized spacial score (nSPS) is 14.6. The fourth-order valence-corrected chi connectivity index (χ4v) is 3.90. The van der Waals surface area contributed by atoms with Gasteiger partial charge in [-0.05, 0) is 60.9 Å². The molecule has 1 atom stereocenters. The second-order valence-electron chi connectivity index (χ2n) is 7.81. The molecule has 0 bridgehead atoms. The van der Waals surface area contributed by atoms with Crippen LogP contribution in [0, 0.1) is 31.0 Å². The van der Waals surface area contributed by atoms with E-state index in [1.165, 1.54) is 18.2 Å². The van der Waals surface area contributed by atoms with E-state index in [2.05, 4.69) is 6.07 Å². The summed E-state index contributed by atoms with van der Waals surface area (Å²) in [5.74, 6) is -0.544. The fraction of sp³-hybridized carbons (Fsp3) is 0.154. The van der Waals surface area contributed by atoms with Crippen molar-refractivity contribution in [2.45, 2.75) is 19.8 Å². The van der Waals surface area contributed by atoms with Crippen LogP contribution in [-0.4, -0.2) is 12.6 Å². The van der Waals surface area contributed by atoms with E-state index in [0.717, 1.165) is 11.1 Å². The lowest BCUT2D eigenvalue weighted by molar-refractivity contribution is -0.136. The van der Waals surface area contributed by atoms with Gasteiger partial charge in [0.05, 0.1) is 5.92 Å². The minimum atomic E-state index is -0.614. The Bertz CT molecular complexity index is 1320. The van der Waals surface area contributed by atoms with Gasteiger partial charge in [0.15, 0.2) is 6.61 Å². The Morgan fingerprint density at radius 2 is 1.79 bits per heavy atom. The van der Waals surface area contributed by atoms with E-state index in [1.807, 2.05) is 13.8 Å². The van der Waals surface area contributed by atoms with Gasteiger partial charge in [-0.25, -0.2) is 9.18 Å². The number of allylic oxidation sites excluding steroid dienone is 1. The van der Waals surface area contributed by atoms with E-state index in [-0.39, 0.29) is 29.6 Å². The van der Waals surface area contributed by atoms with E-state index < -0.39 is 11.9 Å². The van der Waals surface area contributed by atoms with Crippen LogP contribution in [0.4, 0.5) is 4.39 Å². The zero-order valence-corrected chi connectivity index (χ0v) is 19.2. The van der Waals surface area contributed by atoms with Crippen LogP contribution in [-0.2, 0) is 4.79 Å². The highest BCUT2D eigenvalue weighted by molar-refractivity contribution is 6.32. The quantitative estimate of drug-likeness (QED) is 0.395. The second-order valence-corrected chi connectivity index (χ2v) is 8.19. The predicted octanol–water partition coefficient (Wildman–Crippen LogP) is 5.30. The molecule has 1 aliphatic heterocycles. The van der Waals surface area contributed by atoms with E-state index in [1.54, 1.807) is 36.4 Å². The van der Waals surface area contributed by atoms with Crippen LogP contribution < -0.4 is 19.9 Å². The summed E-state index contributed by atoms with van der Waals surface area (Å²) in [4.78, 5) is 12.3. The number of fused-ring (bicyclic) bond motifs is 1. The molecule has 0 aromatic heterocycles. The van der Waals surface area contributed by atoms with Crippen molar-refractivity contribution in [2.24, 2.45) is 5.73 Å². The number of hydrogen-bond acceptors (Lipinski definition) is 6. The van der Waals surface area contributed by atoms with Gasteiger partial charge in [0.2, 0.25) is 5.88 Å². The van der Waals surface area contributed by atoms with Crippen LogP contribution in [0.15, 0.2) is 66.1 Å². The molecular formula is C26H20ClFN2O4. The van der Waals surface area contributed by atoms with Crippen LogP contribution in [0.2, 0.25) is 5.02 Å². The van der Waals surface area contributed by atoms with Crippen molar-refractivity contribution in [3.63, 3.8) is 0 Å². The Kier molecular flexibility index (Phi) is 6.44. The molecule has 0 saturated heterocycles. The van der Waals surface area contributed by atoms with Gasteiger partial charge < -0.3 is 19.9 Å². The Balaban J connectivity index is 1.52. The molecule has 2 N–H and O–H groups in total. The van der Waals surface area contributed by atoms with Crippen LogP contribution in [0.25, 0.3) is 0 Å². The largest absolute Gasteiger partial charge is 0.482 e. The summed E-state index contributed by atoms with van der Waals surface area (Å²) in [7, 11) is 0. The SMILES string of the molecule is Cc1cc(OCC(=O)Oc2ccc3c(c2)OC(N)=C(C#N)C3c2ccc(F)cc2)cc(C)c1Cl. The van der Waals surface area contributed by atoms with Crippen LogP contribution in [0.3, 0.4) is 0 Å². The topological polar surface area (TPSA) is 94.6 Å². The molecule has 1 aliphatic rings. The van der Waals surface area contributed by atoms with Crippen molar-refractivity contribution < 1.29 is 23.4 Å². The summed E-state index contributed by atoms with van der Waals surface area (Å²) in [6.07, 6.45) is 0. The number of benzene rings is 3. The second kappa shape index (κ2) is 9.46. The van der Waals surface area contributed by atoms with Gasteiger partial charge in [0.1, 0.15) is 34.7 Å². The van der Waals surface area contributed by atoms with Crippen molar-refractivity contribution in [1.29, 1.82) is 5.26 Å². The standard InChI is InChI=1S/C26H20ClFN2O4/c1-14-9-19(10-15(2)25(14)27)32-13-23(31)33-18-7-8-20-22(11-18)34-26(30)21(12-29)24(20)16-3-5-17(28)6-4-16/h3-11,24H,13,30H2,1-2H3. The Morgan fingerprint density at radius 3 is 2.44 bits per heavy atom. The number of carbonyl (C=O) groups excluding carboxylic acids is 1. The van der Waals surface area contributed by atoms with Crippen molar-refractivity contribution in [3.05, 3.63) is 99.1 Å². The number of esters is 1. The van der Waals surface area contributed by atoms with Crippen molar-refractivity contribution in [2.75, 3.05) is 6.61 Å². The van der Waals surface area contributed by atoms with Crippen molar-refractivity contribution in [1.82, 2.24) is 0 Å². The minimum absolute atomic E-state index is 0.0652. The summed E-state index contributed by atoms with van der Waals surface area (Å²) in [6.45, 7) is 3.40. The molecule has 8 heteroatoms. The van der Waals surface area contributed by atoms with Gasteiger partial charge in [-0.3, -0.25) is 0 Å². The third-order valence-electron chi connectivity index (χ3n) is 5.39. The van der Waals surface area contributed by atoms with Crippen LogP contribution >= 0.6 is 11.6 Å². The van der Waals surface area contributed by atoms with Gasteiger partial charge in [-0.15, -0.1) is 0 Å². The van der Waals surface area contributed by atoms with Crippen molar-refractivity contribution in [3.8, 4) is 23.3 Å². The monoisotopic (exact) mass is 478 g/mol. The van der Waals surface area contributed by atoms with Gasteiger partial charge in [-0.2, -0.15) is 5.26 Å². The first kappa shape index (κ1) is 23.1. The van der Waals surface area contributed by atoms with Gasteiger partial charge in [0, 0.05) is 16.7 Å². The number of hydrogen-bond donors (Lipinski definition) is 1. The maximum Gasteiger partial charge on any atom is 0.349 e. The highest BCUT2D eigenvalue weighted by Crippen LogP contribution is 2.43. The lowest BCUT2D eigenvalue weighted by Crippen LogP contribution is -2.21. The lowest BCUT2D eigenvalue weighted by atomic mass is 9.83. The molecular weight excluding hydrogens is 459 g/mol. The van der Waals surface area contributed by atoms with Gasteiger partial charge >= 0.3 is 5.97 Å². The van der Waals surface area contributed by atoms with Crippen LogP contribution in [0.1, 0.15) is 28.2 Å². The maximum absolute atomic E-state index is 13.4. The highest BCUT2D eigenvalue weighted by Gasteiger charge is 2.31. The molecule has 0 radical (unpaired) electrons. The average molecular weight is 479 g/mol. The number of carbonyl (C=O) groups is 1. The molecule has 172 valence electrons. The zero-order chi connectivity index (χ0) is 24.4. The van der Waals surface area contributed by atoms with E-state index in [0.29, 0.717) is 27.6 Å². The number of nitrogens with zero attached hydrogens (tertiary/aromatic N) is 1. The number of halogens is 2. The first-order valence-electron chi connectivity index (χ1n) is 10.3.